The topological polar surface area (TPSA) is 96.6 Å². The molecular formula is C28H31N3O4. The molecule has 0 bridgehead atoms. The van der Waals surface area contributed by atoms with Gasteiger partial charge in [-0.2, -0.15) is 0 Å². The van der Waals surface area contributed by atoms with Gasteiger partial charge in [0.15, 0.2) is 0 Å². The van der Waals surface area contributed by atoms with Crippen molar-refractivity contribution in [1.82, 2.24) is 10.3 Å². The molecule has 7 heteroatoms. The van der Waals surface area contributed by atoms with Crippen molar-refractivity contribution in [3.63, 3.8) is 0 Å². The van der Waals surface area contributed by atoms with Crippen LogP contribution >= 0.6 is 0 Å². The van der Waals surface area contributed by atoms with Crippen LogP contribution in [0.15, 0.2) is 59.3 Å². The van der Waals surface area contributed by atoms with E-state index in [-0.39, 0.29) is 23.9 Å². The number of carbonyl (C=O) groups excluding carboxylic acids is 1. The molecule has 1 amide bonds. The number of carbonyl (C=O) groups is 1. The highest BCUT2D eigenvalue weighted by Gasteiger charge is 2.25. The first-order valence-electron chi connectivity index (χ1n) is 12.1. The van der Waals surface area contributed by atoms with Crippen LogP contribution in [0.5, 0.6) is 5.75 Å². The number of anilines is 1. The largest absolute Gasteiger partial charge is 0.506 e. The van der Waals surface area contributed by atoms with Crippen molar-refractivity contribution in [2.24, 2.45) is 0 Å². The lowest BCUT2D eigenvalue weighted by Gasteiger charge is -2.31. The highest BCUT2D eigenvalue weighted by Crippen LogP contribution is 2.37. The van der Waals surface area contributed by atoms with Crippen LogP contribution in [-0.4, -0.2) is 33.9 Å². The SMILES string of the molecule is CC(C)(C)OC(=O)NC1CCC(Nc2cc3c(-c4cc5ccccc5o4)cncc3cc2O)CC1. The molecule has 2 heterocycles. The van der Waals surface area contributed by atoms with Crippen LogP contribution in [0.4, 0.5) is 10.5 Å². The Bertz CT molecular complexity index is 1330. The fourth-order valence-electron chi connectivity index (χ4n) is 4.71. The number of furan rings is 1. The summed E-state index contributed by atoms with van der Waals surface area (Å²) in [5, 5.41) is 20.0. The second-order valence-electron chi connectivity index (χ2n) is 10.3. The van der Waals surface area contributed by atoms with E-state index < -0.39 is 5.60 Å². The second kappa shape index (κ2) is 9.13. The number of benzene rings is 2. The lowest BCUT2D eigenvalue weighted by atomic mass is 9.91. The Balaban J connectivity index is 1.32. The molecule has 5 rings (SSSR count). The molecule has 0 radical (unpaired) electrons. The summed E-state index contributed by atoms with van der Waals surface area (Å²) >= 11 is 0. The Morgan fingerprint density at radius 2 is 1.77 bits per heavy atom. The molecule has 1 fully saturated rings. The normalized spacial score (nSPS) is 18.5. The van der Waals surface area contributed by atoms with Crippen LogP contribution < -0.4 is 10.6 Å². The molecule has 1 aliphatic carbocycles. The summed E-state index contributed by atoms with van der Waals surface area (Å²) in [4.78, 5) is 16.4. The highest BCUT2D eigenvalue weighted by molar-refractivity contribution is 5.99. The second-order valence-corrected chi connectivity index (χ2v) is 10.3. The number of alkyl carbamates (subject to hydrolysis) is 1. The van der Waals surface area contributed by atoms with Gasteiger partial charge in [0.05, 0.1) is 5.69 Å². The van der Waals surface area contributed by atoms with Crippen molar-refractivity contribution >= 4 is 33.5 Å². The maximum absolute atomic E-state index is 12.1. The number of aromatic nitrogens is 1. The van der Waals surface area contributed by atoms with Gasteiger partial charge in [0.1, 0.15) is 22.7 Å². The van der Waals surface area contributed by atoms with Crippen molar-refractivity contribution in [3.8, 4) is 17.1 Å². The fraction of sp³-hybridized carbons (Fsp3) is 0.357. The number of phenols is 1. The van der Waals surface area contributed by atoms with E-state index in [2.05, 4.69) is 15.6 Å². The summed E-state index contributed by atoms with van der Waals surface area (Å²) in [6, 6.07) is 13.9. The standard InChI is InChI=1S/C28H31N3O4/c1-28(2,3)35-27(33)31-20-10-8-19(9-11-20)30-23-14-21-18(12-24(23)32)15-29-16-22(21)26-13-17-6-4-5-7-25(17)34-26/h4-7,12-16,19-20,30,32H,8-11H2,1-3H3,(H,31,33). The van der Waals surface area contributed by atoms with Gasteiger partial charge in [-0.05, 0) is 76.1 Å². The van der Waals surface area contributed by atoms with Gasteiger partial charge in [-0.15, -0.1) is 0 Å². The molecule has 182 valence electrons. The molecule has 0 saturated heterocycles. The van der Waals surface area contributed by atoms with Gasteiger partial charge in [-0.3, -0.25) is 4.98 Å². The minimum absolute atomic E-state index is 0.0962. The van der Waals surface area contributed by atoms with Crippen LogP contribution in [-0.2, 0) is 4.74 Å². The third-order valence-corrected chi connectivity index (χ3v) is 6.37. The van der Waals surface area contributed by atoms with Gasteiger partial charge < -0.3 is 24.9 Å². The number of aromatic hydroxyl groups is 1. The molecule has 0 aliphatic heterocycles. The zero-order chi connectivity index (χ0) is 24.6. The quantitative estimate of drug-likeness (QED) is 0.289. The number of rotatable bonds is 4. The maximum Gasteiger partial charge on any atom is 0.407 e. The number of phenolic OH excluding ortho intramolecular Hbond substituents is 1. The Labute approximate surface area is 204 Å². The van der Waals surface area contributed by atoms with E-state index in [1.807, 2.05) is 57.2 Å². The Hall–Kier alpha value is -3.74. The molecular weight excluding hydrogens is 442 g/mol. The Morgan fingerprint density at radius 3 is 2.51 bits per heavy atom. The number of ether oxygens (including phenoxy) is 1. The third-order valence-electron chi connectivity index (χ3n) is 6.37. The van der Waals surface area contributed by atoms with Crippen molar-refractivity contribution in [1.29, 1.82) is 0 Å². The van der Waals surface area contributed by atoms with E-state index in [9.17, 15) is 9.90 Å². The van der Waals surface area contributed by atoms with Gasteiger partial charge >= 0.3 is 6.09 Å². The number of hydrogen-bond acceptors (Lipinski definition) is 6. The van der Waals surface area contributed by atoms with E-state index in [0.29, 0.717) is 5.69 Å². The zero-order valence-electron chi connectivity index (χ0n) is 20.3. The highest BCUT2D eigenvalue weighted by atomic mass is 16.6. The number of amides is 1. The summed E-state index contributed by atoms with van der Waals surface area (Å²) in [7, 11) is 0. The summed E-state index contributed by atoms with van der Waals surface area (Å²) in [6.07, 6.45) is 6.63. The summed E-state index contributed by atoms with van der Waals surface area (Å²) in [5.41, 5.74) is 1.89. The lowest BCUT2D eigenvalue weighted by Crippen LogP contribution is -2.42. The number of nitrogens with zero attached hydrogens (tertiary/aromatic N) is 1. The van der Waals surface area contributed by atoms with E-state index in [1.165, 1.54) is 0 Å². The van der Waals surface area contributed by atoms with E-state index in [0.717, 1.165) is 58.7 Å². The average Bonchev–Trinajstić information content (AvgIpc) is 3.23. The lowest BCUT2D eigenvalue weighted by molar-refractivity contribution is 0.0492. The van der Waals surface area contributed by atoms with Crippen molar-refractivity contribution in [2.75, 3.05) is 5.32 Å². The van der Waals surface area contributed by atoms with E-state index >= 15 is 0 Å². The smallest absolute Gasteiger partial charge is 0.407 e. The number of nitrogens with one attached hydrogen (secondary N) is 2. The van der Waals surface area contributed by atoms with Crippen LogP contribution in [0.25, 0.3) is 33.1 Å². The molecule has 7 nitrogen and oxygen atoms in total. The molecule has 4 aromatic rings. The summed E-state index contributed by atoms with van der Waals surface area (Å²) < 4.78 is 11.5. The van der Waals surface area contributed by atoms with E-state index in [4.69, 9.17) is 9.15 Å². The van der Waals surface area contributed by atoms with Gasteiger partial charge in [-0.25, -0.2) is 4.79 Å². The number of fused-ring (bicyclic) bond motifs is 2. The molecule has 2 aromatic heterocycles. The van der Waals surface area contributed by atoms with Crippen LogP contribution in [0.3, 0.4) is 0 Å². The molecule has 1 aliphatic rings. The predicted molar refractivity (Wildman–Crippen MR) is 138 cm³/mol. The molecule has 0 atom stereocenters. The van der Waals surface area contributed by atoms with Gasteiger partial charge in [0.25, 0.3) is 0 Å². The van der Waals surface area contributed by atoms with Gasteiger partial charge in [0.2, 0.25) is 0 Å². The third kappa shape index (κ3) is 5.19. The van der Waals surface area contributed by atoms with E-state index in [1.54, 1.807) is 18.5 Å². The van der Waals surface area contributed by atoms with Crippen LogP contribution in [0.2, 0.25) is 0 Å². The van der Waals surface area contributed by atoms with Crippen LogP contribution in [0.1, 0.15) is 46.5 Å². The van der Waals surface area contributed by atoms with Gasteiger partial charge in [0, 0.05) is 40.8 Å². The maximum atomic E-state index is 12.1. The Kier molecular flexibility index (Phi) is 6.01. The van der Waals surface area contributed by atoms with Crippen molar-refractivity contribution in [3.05, 3.63) is 54.9 Å². The molecule has 1 saturated carbocycles. The average molecular weight is 474 g/mol. The van der Waals surface area contributed by atoms with Crippen molar-refractivity contribution in [2.45, 2.75) is 64.1 Å². The first kappa shape index (κ1) is 23.0. The fourth-order valence-corrected chi connectivity index (χ4v) is 4.71. The minimum atomic E-state index is -0.507. The number of hydrogen-bond donors (Lipinski definition) is 3. The molecule has 35 heavy (non-hydrogen) atoms. The number of pyridine rings is 1. The monoisotopic (exact) mass is 473 g/mol. The molecule has 2 aromatic carbocycles. The zero-order valence-corrected chi connectivity index (χ0v) is 20.3. The summed E-state index contributed by atoms with van der Waals surface area (Å²) in [5.74, 6) is 0.935. The first-order chi connectivity index (χ1) is 16.7. The number of para-hydroxylation sites is 1. The molecule has 0 unspecified atom stereocenters. The predicted octanol–water partition coefficient (Wildman–Crippen LogP) is 6.60. The Morgan fingerprint density at radius 1 is 1.03 bits per heavy atom. The molecule has 3 N–H and O–H groups in total. The van der Waals surface area contributed by atoms with Crippen molar-refractivity contribution < 1.29 is 19.1 Å². The first-order valence-corrected chi connectivity index (χ1v) is 12.1. The molecule has 0 spiro atoms. The van der Waals surface area contributed by atoms with Crippen LogP contribution in [0, 0.1) is 0 Å². The van der Waals surface area contributed by atoms with Gasteiger partial charge in [-0.1, -0.05) is 18.2 Å². The minimum Gasteiger partial charge on any atom is -0.506 e. The summed E-state index contributed by atoms with van der Waals surface area (Å²) in [6.45, 7) is 5.58.